The van der Waals surface area contributed by atoms with Crippen molar-refractivity contribution in [1.29, 1.82) is 0 Å². The molecule has 4 heteroatoms. The highest BCUT2D eigenvalue weighted by atomic mass is 16.2. The van der Waals surface area contributed by atoms with Gasteiger partial charge in [0, 0.05) is 6.04 Å². The number of amides is 2. The van der Waals surface area contributed by atoms with Gasteiger partial charge in [-0.2, -0.15) is 0 Å². The Kier molecular flexibility index (Phi) is 2.67. The van der Waals surface area contributed by atoms with Crippen molar-refractivity contribution >= 4 is 11.8 Å². The van der Waals surface area contributed by atoms with Gasteiger partial charge in [0.15, 0.2) is 0 Å². The minimum atomic E-state index is -0.282. The van der Waals surface area contributed by atoms with E-state index in [9.17, 15) is 9.59 Å². The lowest BCUT2D eigenvalue weighted by molar-refractivity contribution is -0.146. The number of fused-ring (bicyclic) bond motifs is 5. The van der Waals surface area contributed by atoms with Crippen LogP contribution in [0.1, 0.15) is 39.5 Å². The smallest absolute Gasteiger partial charge is 0.245 e. The Labute approximate surface area is 120 Å². The van der Waals surface area contributed by atoms with Crippen LogP contribution in [0, 0.1) is 29.6 Å². The molecule has 4 fully saturated rings. The average molecular weight is 276 g/mol. The first kappa shape index (κ1) is 12.7. The molecule has 4 aliphatic rings. The molecule has 3 saturated carbocycles. The molecule has 0 aromatic rings. The fourth-order valence-corrected chi connectivity index (χ4v) is 5.31. The van der Waals surface area contributed by atoms with Crippen LogP contribution in [0.3, 0.4) is 0 Å². The summed E-state index contributed by atoms with van der Waals surface area (Å²) in [6.07, 6.45) is 4.85. The van der Waals surface area contributed by atoms with Crippen LogP contribution in [0.4, 0.5) is 0 Å². The summed E-state index contributed by atoms with van der Waals surface area (Å²) in [7, 11) is 0. The van der Waals surface area contributed by atoms with Crippen molar-refractivity contribution in [2.24, 2.45) is 29.6 Å². The number of carbonyl (C=O) groups excluding carboxylic acids is 2. The summed E-state index contributed by atoms with van der Waals surface area (Å²) in [5.41, 5.74) is 0. The summed E-state index contributed by atoms with van der Waals surface area (Å²) in [6, 6.07) is 0.115. The Hall–Kier alpha value is -1.06. The molecular weight excluding hydrogens is 252 g/mol. The van der Waals surface area contributed by atoms with E-state index in [0.717, 1.165) is 30.1 Å². The van der Waals surface area contributed by atoms with E-state index in [2.05, 4.69) is 19.2 Å². The highest BCUT2D eigenvalue weighted by Gasteiger charge is 2.68. The van der Waals surface area contributed by atoms with Gasteiger partial charge in [0.05, 0.1) is 6.54 Å². The van der Waals surface area contributed by atoms with Crippen molar-refractivity contribution in [1.82, 2.24) is 10.2 Å². The minimum Gasteiger partial charge on any atom is -0.343 e. The van der Waals surface area contributed by atoms with Gasteiger partial charge in [-0.3, -0.25) is 9.59 Å². The van der Waals surface area contributed by atoms with Crippen LogP contribution in [0.2, 0.25) is 0 Å². The van der Waals surface area contributed by atoms with E-state index >= 15 is 0 Å². The second-order valence-electron chi connectivity index (χ2n) is 7.69. The van der Waals surface area contributed by atoms with Gasteiger partial charge >= 0.3 is 0 Å². The number of nitrogens with zero attached hydrogens (tertiary/aromatic N) is 1. The molecule has 2 bridgehead atoms. The predicted octanol–water partition coefficient (Wildman–Crippen LogP) is 1.40. The Bertz CT molecular complexity index is 445. The lowest BCUT2D eigenvalue weighted by Gasteiger charge is -2.35. The number of rotatable bonds is 3. The second kappa shape index (κ2) is 4.22. The summed E-state index contributed by atoms with van der Waals surface area (Å²) in [5, 5.41) is 2.88. The molecular formula is C16H24N2O2. The molecule has 110 valence electrons. The Morgan fingerprint density at radius 2 is 1.85 bits per heavy atom. The van der Waals surface area contributed by atoms with Gasteiger partial charge in [-0.05, 0) is 55.3 Å². The second-order valence-corrected chi connectivity index (χ2v) is 7.69. The number of nitrogens with one attached hydrogen (secondary N) is 1. The topological polar surface area (TPSA) is 49.4 Å². The van der Waals surface area contributed by atoms with E-state index in [4.69, 9.17) is 0 Å². The van der Waals surface area contributed by atoms with Crippen molar-refractivity contribution in [2.45, 2.75) is 51.6 Å². The first-order valence-electron chi connectivity index (χ1n) is 8.16. The maximum Gasteiger partial charge on any atom is 0.245 e. The monoisotopic (exact) mass is 276 g/mol. The quantitative estimate of drug-likeness (QED) is 0.847. The molecule has 0 spiro atoms. The third-order valence-corrected chi connectivity index (χ3v) is 5.99. The summed E-state index contributed by atoms with van der Waals surface area (Å²) < 4.78 is 0. The van der Waals surface area contributed by atoms with E-state index in [1.54, 1.807) is 0 Å². The molecule has 0 aromatic heterocycles. The minimum absolute atomic E-state index is 0.0348. The van der Waals surface area contributed by atoms with Gasteiger partial charge in [-0.15, -0.1) is 0 Å². The highest BCUT2D eigenvalue weighted by molar-refractivity contribution is 5.95. The van der Waals surface area contributed by atoms with E-state index < -0.39 is 0 Å². The van der Waals surface area contributed by atoms with Crippen LogP contribution >= 0.6 is 0 Å². The molecule has 5 unspecified atom stereocenters. The van der Waals surface area contributed by atoms with Crippen LogP contribution < -0.4 is 5.32 Å². The molecule has 4 rings (SSSR count). The Balaban J connectivity index is 1.50. The molecule has 0 radical (unpaired) electrons. The van der Waals surface area contributed by atoms with Crippen molar-refractivity contribution in [3.8, 4) is 0 Å². The van der Waals surface area contributed by atoms with Gasteiger partial charge in [-0.1, -0.05) is 13.8 Å². The number of hydrogen-bond acceptors (Lipinski definition) is 2. The normalized spacial score (nSPS) is 45.9. The lowest BCUT2D eigenvalue weighted by atomic mass is 9.99. The first-order valence-corrected chi connectivity index (χ1v) is 8.16. The van der Waals surface area contributed by atoms with E-state index in [1.165, 1.54) is 19.3 Å². The molecule has 5 atom stereocenters. The van der Waals surface area contributed by atoms with Crippen LogP contribution in [0.25, 0.3) is 0 Å². The Morgan fingerprint density at radius 3 is 2.45 bits per heavy atom. The average Bonchev–Trinajstić information content (AvgIpc) is 2.80. The van der Waals surface area contributed by atoms with Crippen molar-refractivity contribution in [2.75, 3.05) is 6.54 Å². The fourth-order valence-electron chi connectivity index (χ4n) is 5.31. The third-order valence-electron chi connectivity index (χ3n) is 5.99. The van der Waals surface area contributed by atoms with Crippen LogP contribution in [0.5, 0.6) is 0 Å². The summed E-state index contributed by atoms with van der Waals surface area (Å²) in [5.74, 6) is 3.78. The van der Waals surface area contributed by atoms with E-state index in [1.807, 2.05) is 4.90 Å². The zero-order valence-corrected chi connectivity index (χ0v) is 12.3. The zero-order chi connectivity index (χ0) is 14.0. The van der Waals surface area contributed by atoms with Crippen molar-refractivity contribution < 1.29 is 9.59 Å². The molecule has 4 nitrogen and oxygen atoms in total. The SMILES string of the molecule is CC(C)CC1NC(=O)CN(C2C3C4CCC(C4)C32)C1=O. The van der Waals surface area contributed by atoms with Crippen LogP contribution in [-0.2, 0) is 9.59 Å². The highest BCUT2D eigenvalue weighted by Crippen LogP contribution is 2.67. The van der Waals surface area contributed by atoms with Gasteiger partial charge in [0.25, 0.3) is 0 Å². The number of hydrogen-bond donors (Lipinski definition) is 1. The lowest BCUT2D eigenvalue weighted by Crippen LogP contribution is -2.59. The molecule has 2 amide bonds. The standard InChI is InChI=1S/C16H24N2O2/c1-8(2)5-11-16(20)18(7-12(19)17-11)15-13-9-3-4-10(6-9)14(13)15/h8-11,13-15H,3-7H2,1-2H3,(H,17,19). The van der Waals surface area contributed by atoms with Crippen molar-refractivity contribution in [3.63, 3.8) is 0 Å². The van der Waals surface area contributed by atoms with Gasteiger partial charge in [0.1, 0.15) is 6.04 Å². The molecule has 1 aliphatic heterocycles. The van der Waals surface area contributed by atoms with Gasteiger partial charge in [-0.25, -0.2) is 0 Å². The molecule has 0 aromatic carbocycles. The summed E-state index contributed by atoms with van der Waals surface area (Å²) in [4.78, 5) is 26.5. The molecule has 1 saturated heterocycles. The first-order chi connectivity index (χ1) is 9.56. The fraction of sp³-hybridized carbons (Fsp3) is 0.875. The van der Waals surface area contributed by atoms with E-state index in [0.29, 0.717) is 18.5 Å². The number of carbonyl (C=O) groups is 2. The maximum absolute atomic E-state index is 12.7. The van der Waals surface area contributed by atoms with Crippen molar-refractivity contribution in [3.05, 3.63) is 0 Å². The van der Waals surface area contributed by atoms with Crippen LogP contribution in [-0.4, -0.2) is 35.3 Å². The zero-order valence-electron chi connectivity index (χ0n) is 12.3. The molecule has 1 N–H and O–H groups in total. The molecule has 1 heterocycles. The molecule has 3 aliphatic carbocycles. The summed E-state index contributed by atoms with van der Waals surface area (Å²) >= 11 is 0. The molecule has 20 heavy (non-hydrogen) atoms. The number of piperazine rings is 1. The maximum atomic E-state index is 12.7. The van der Waals surface area contributed by atoms with E-state index in [-0.39, 0.29) is 17.9 Å². The Morgan fingerprint density at radius 1 is 1.20 bits per heavy atom. The largest absolute Gasteiger partial charge is 0.343 e. The summed E-state index contributed by atoms with van der Waals surface area (Å²) in [6.45, 7) is 4.50. The third kappa shape index (κ3) is 1.73. The van der Waals surface area contributed by atoms with Gasteiger partial charge in [0.2, 0.25) is 11.8 Å². The van der Waals surface area contributed by atoms with Crippen LogP contribution in [0.15, 0.2) is 0 Å². The predicted molar refractivity (Wildman–Crippen MR) is 74.7 cm³/mol. The van der Waals surface area contributed by atoms with Gasteiger partial charge < -0.3 is 10.2 Å².